The zero-order valence-electron chi connectivity index (χ0n) is 21.4. The van der Waals surface area contributed by atoms with Gasteiger partial charge in [-0.25, -0.2) is 4.79 Å². The Morgan fingerprint density at radius 1 is 1.29 bits per heavy atom. The van der Waals surface area contributed by atoms with E-state index in [2.05, 4.69) is 42.0 Å². The zero-order chi connectivity index (χ0) is 25.9. The number of nitrogens with one attached hydrogen (secondary N) is 1. The van der Waals surface area contributed by atoms with E-state index in [4.69, 9.17) is 21.1 Å². The van der Waals surface area contributed by atoms with Crippen LogP contribution in [0.25, 0.3) is 0 Å². The fourth-order valence-corrected chi connectivity index (χ4v) is 6.46. The van der Waals surface area contributed by atoms with Crippen LogP contribution in [0.4, 0.5) is 5.00 Å². The van der Waals surface area contributed by atoms with Gasteiger partial charge in [0.15, 0.2) is 0 Å². The summed E-state index contributed by atoms with van der Waals surface area (Å²) in [7, 11) is 0. The van der Waals surface area contributed by atoms with Gasteiger partial charge in [-0.2, -0.15) is 0 Å². The third kappa shape index (κ3) is 6.60. The van der Waals surface area contributed by atoms with Crippen LogP contribution in [0.5, 0.6) is 5.75 Å². The molecule has 35 heavy (non-hydrogen) atoms. The molecule has 1 aliphatic rings. The molecule has 1 aromatic heterocycles. The molecule has 1 aromatic carbocycles. The van der Waals surface area contributed by atoms with Crippen molar-refractivity contribution in [2.45, 2.75) is 73.6 Å². The number of halogens is 2. The summed E-state index contributed by atoms with van der Waals surface area (Å²) in [5.41, 5.74) is 3.67. The summed E-state index contributed by atoms with van der Waals surface area (Å²) in [6.45, 7) is 13.2. The van der Waals surface area contributed by atoms with Gasteiger partial charge in [-0.1, -0.05) is 32.4 Å². The topological polar surface area (TPSA) is 64.6 Å². The van der Waals surface area contributed by atoms with E-state index >= 15 is 0 Å². The lowest BCUT2D eigenvalue weighted by molar-refractivity contribution is -0.116. The largest absolute Gasteiger partial charge is 0.492 e. The third-order valence-electron chi connectivity index (χ3n) is 6.60. The highest BCUT2D eigenvalue weighted by atomic mass is 79.9. The quantitative estimate of drug-likeness (QED) is 0.253. The molecule has 0 spiro atoms. The number of aryl methyl sites for hydroxylation is 1. The summed E-state index contributed by atoms with van der Waals surface area (Å²) >= 11 is 11.3. The van der Waals surface area contributed by atoms with Crippen LogP contribution >= 0.6 is 38.9 Å². The minimum Gasteiger partial charge on any atom is -0.492 e. The van der Waals surface area contributed by atoms with Crippen molar-refractivity contribution in [1.82, 2.24) is 0 Å². The Kier molecular flexibility index (Phi) is 9.33. The molecule has 0 radical (unpaired) electrons. The fourth-order valence-electron chi connectivity index (χ4n) is 4.44. The number of carbonyl (C=O) groups excluding carboxylic acids is 2. The number of amides is 1. The molecule has 1 amide bonds. The average Bonchev–Trinajstić information content (AvgIpc) is 3.15. The van der Waals surface area contributed by atoms with E-state index in [0.717, 1.165) is 40.4 Å². The van der Waals surface area contributed by atoms with Crippen LogP contribution < -0.4 is 10.1 Å². The van der Waals surface area contributed by atoms with Crippen LogP contribution in [-0.2, 0) is 22.4 Å². The first kappa shape index (κ1) is 28.0. The Balaban J connectivity index is 1.66. The predicted octanol–water partition coefficient (Wildman–Crippen LogP) is 7.91. The summed E-state index contributed by atoms with van der Waals surface area (Å²) in [6, 6.07) is 1.89. The zero-order valence-corrected chi connectivity index (χ0v) is 24.6. The number of carbonyl (C=O) groups is 2. The van der Waals surface area contributed by atoms with Gasteiger partial charge < -0.3 is 14.8 Å². The Labute approximate surface area is 226 Å². The van der Waals surface area contributed by atoms with Crippen molar-refractivity contribution in [2.75, 3.05) is 18.5 Å². The molecule has 0 saturated heterocycles. The van der Waals surface area contributed by atoms with Crippen LogP contribution in [0.2, 0.25) is 5.02 Å². The van der Waals surface area contributed by atoms with Crippen molar-refractivity contribution < 1.29 is 19.1 Å². The lowest BCUT2D eigenvalue weighted by Crippen LogP contribution is -2.26. The number of benzene rings is 1. The highest BCUT2D eigenvalue weighted by molar-refractivity contribution is 9.10. The second-order valence-corrected chi connectivity index (χ2v) is 12.5. The number of hydrogen-bond donors (Lipinski definition) is 1. The maximum Gasteiger partial charge on any atom is 0.341 e. The summed E-state index contributed by atoms with van der Waals surface area (Å²) < 4.78 is 12.1. The number of rotatable bonds is 8. The SMILES string of the molecule is CCOC(=O)c1c(NC(=O)CCCOc2cc(C)c(Cl)c(C)c2Br)sc2c1CCC(C(C)(C)C)C2. The van der Waals surface area contributed by atoms with Gasteiger partial charge in [0, 0.05) is 16.3 Å². The lowest BCUT2D eigenvalue weighted by Gasteiger charge is -2.33. The summed E-state index contributed by atoms with van der Waals surface area (Å²) in [5, 5.41) is 4.32. The molecule has 1 aliphatic carbocycles. The van der Waals surface area contributed by atoms with Crippen molar-refractivity contribution in [3.05, 3.63) is 42.7 Å². The molecule has 2 aromatic rings. The molecule has 0 fully saturated rings. The normalized spacial score (nSPS) is 15.5. The van der Waals surface area contributed by atoms with Crippen molar-refractivity contribution in [3.63, 3.8) is 0 Å². The molecule has 5 nitrogen and oxygen atoms in total. The van der Waals surface area contributed by atoms with Crippen LogP contribution in [0.15, 0.2) is 10.5 Å². The molecular formula is C27H35BrClNO4S. The Morgan fingerprint density at radius 2 is 2.00 bits per heavy atom. The maximum atomic E-state index is 12.8. The van der Waals surface area contributed by atoms with Gasteiger partial charge in [-0.05, 0) is 96.5 Å². The first-order valence-corrected chi connectivity index (χ1v) is 14.1. The fraction of sp³-hybridized carbons (Fsp3) is 0.556. The summed E-state index contributed by atoms with van der Waals surface area (Å²) in [4.78, 5) is 26.8. The van der Waals surface area contributed by atoms with E-state index in [-0.39, 0.29) is 17.3 Å². The van der Waals surface area contributed by atoms with Gasteiger partial charge in [0.1, 0.15) is 10.8 Å². The standard InChI is InChI=1S/C27H35BrClNO4S/c1-7-33-26(32)22-18-11-10-17(27(4,5)6)14-20(18)35-25(22)30-21(31)9-8-12-34-19-13-15(2)24(29)16(3)23(19)28/h13,17H,7-12,14H2,1-6H3,(H,30,31). The van der Waals surface area contributed by atoms with Crippen LogP contribution in [-0.4, -0.2) is 25.1 Å². The second kappa shape index (κ2) is 11.7. The maximum absolute atomic E-state index is 12.8. The number of hydrogen-bond acceptors (Lipinski definition) is 5. The van der Waals surface area contributed by atoms with E-state index in [1.165, 1.54) is 16.2 Å². The number of esters is 1. The molecular weight excluding hydrogens is 550 g/mol. The van der Waals surface area contributed by atoms with Gasteiger partial charge in [0.05, 0.1) is 23.2 Å². The summed E-state index contributed by atoms with van der Waals surface area (Å²) in [5.74, 6) is 0.779. The number of thiophene rings is 1. The highest BCUT2D eigenvalue weighted by Crippen LogP contribution is 2.44. The number of ether oxygens (including phenoxy) is 2. The van der Waals surface area contributed by atoms with E-state index in [1.54, 1.807) is 6.92 Å². The van der Waals surface area contributed by atoms with E-state index in [1.807, 2.05) is 19.9 Å². The number of fused-ring (bicyclic) bond motifs is 1. The summed E-state index contributed by atoms with van der Waals surface area (Å²) in [6.07, 6.45) is 3.63. The Hall–Kier alpha value is -1.57. The van der Waals surface area contributed by atoms with Gasteiger partial charge in [0.2, 0.25) is 5.91 Å². The van der Waals surface area contributed by atoms with Gasteiger partial charge in [-0.3, -0.25) is 4.79 Å². The van der Waals surface area contributed by atoms with Crippen molar-refractivity contribution in [1.29, 1.82) is 0 Å². The Bertz CT molecular complexity index is 1110. The molecule has 0 aliphatic heterocycles. The predicted molar refractivity (Wildman–Crippen MR) is 147 cm³/mol. The molecule has 3 rings (SSSR count). The van der Waals surface area contributed by atoms with E-state index in [0.29, 0.717) is 53.3 Å². The molecule has 1 heterocycles. The van der Waals surface area contributed by atoms with E-state index in [9.17, 15) is 9.59 Å². The lowest BCUT2D eigenvalue weighted by atomic mass is 9.72. The van der Waals surface area contributed by atoms with Crippen LogP contribution in [0.3, 0.4) is 0 Å². The molecule has 1 unspecified atom stereocenters. The molecule has 1 N–H and O–H groups in total. The van der Waals surface area contributed by atoms with Crippen LogP contribution in [0.1, 0.15) is 78.9 Å². The van der Waals surface area contributed by atoms with Crippen molar-refractivity contribution in [3.8, 4) is 5.75 Å². The smallest absolute Gasteiger partial charge is 0.341 e. The average molecular weight is 585 g/mol. The minimum absolute atomic E-state index is 0.132. The van der Waals surface area contributed by atoms with Gasteiger partial charge >= 0.3 is 5.97 Å². The first-order chi connectivity index (χ1) is 16.4. The van der Waals surface area contributed by atoms with Crippen molar-refractivity contribution in [2.24, 2.45) is 11.3 Å². The molecule has 0 saturated carbocycles. The van der Waals surface area contributed by atoms with Gasteiger partial charge in [-0.15, -0.1) is 11.3 Å². The highest BCUT2D eigenvalue weighted by Gasteiger charge is 2.34. The second-order valence-electron chi connectivity index (χ2n) is 10.2. The monoisotopic (exact) mass is 583 g/mol. The first-order valence-electron chi connectivity index (χ1n) is 12.1. The third-order valence-corrected chi connectivity index (χ3v) is 9.33. The Morgan fingerprint density at radius 3 is 2.66 bits per heavy atom. The van der Waals surface area contributed by atoms with Crippen molar-refractivity contribution >= 4 is 55.7 Å². The number of anilines is 1. The van der Waals surface area contributed by atoms with Gasteiger partial charge in [0.25, 0.3) is 0 Å². The molecule has 0 bridgehead atoms. The van der Waals surface area contributed by atoms with Crippen LogP contribution in [0, 0.1) is 25.2 Å². The minimum atomic E-state index is -0.351. The van der Waals surface area contributed by atoms with E-state index < -0.39 is 0 Å². The molecule has 1 atom stereocenters. The molecule has 8 heteroatoms. The molecule has 192 valence electrons.